The highest BCUT2D eigenvalue weighted by Gasteiger charge is 2.05. The summed E-state index contributed by atoms with van der Waals surface area (Å²) in [6.07, 6.45) is 2.79. The van der Waals surface area contributed by atoms with Crippen LogP contribution in [0.5, 0.6) is 0 Å². The second-order valence-corrected chi connectivity index (χ2v) is 6.00. The lowest BCUT2D eigenvalue weighted by Gasteiger charge is -2.02. The van der Waals surface area contributed by atoms with Crippen molar-refractivity contribution in [1.82, 2.24) is 10.2 Å². The maximum Gasteiger partial charge on any atom is 0.121 e. The van der Waals surface area contributed by atoms with E-state index in [1.165, 1.54) is 16.7 Å². The first kappa shape index (κ1) is 13.5. The predicted molar refractivity (Wildman–Crippen MR) is 77.7 cm³/mol. The zero-order valence-corrected chi connectivity index (χ0v) is 12.3. The van der Waals surface area contributed by atoms with Gasteiger partial charge in [-0.25, -0.2) is 0 Å². The van der Waals surface area contributed by atoms with Crippen LogP contribution in [0.1, 0.15) is 33.1 Å². The summed E-state index contributed by atoms with van der Waals surface area (Å²) in [6.45, 7) is 4.28. The van der Waals surface area contributed by atoms with Gasteiger partial charge in [-0.15, -0.1) is 33.1 Å². The van der Waals surface area contributed by atoms with Gasteiger partial charge in [-0.05, 0) is 37.0 Å². The van der Waals surface area contributed by atoms with Crippen molar-refractivity contribution in [3.8, 4) is 0 Å². The van der Waals surface area contributed by atoms with E-state index in [-0.39, 0.29) is 0 Å². The molecule has 0 N–H and O–H groups in total. The molecule has 0 aliphatic heterocycles. The van der Waals surface area contributed by atoms with Crippen LogP contribution in [0.3, 0.4) is 0 Å². The SMILES string of the molecule is Cc1ccc(Cc2nnc(CCCCl)s2)cc1C. The van der Waals surface area contributed by atoms with Gasteiger partial charge in [0.25, 0.3) is 0 Å². The summed E-state index contributed by atoms with van der Waals surface area (Å²) < 4.78 is 0. The largest absolute Gasteiger partial charge is 0.144 e. The summed E-state index contributed by atoms with van der Waals surface area (Å²) >= 11 is 7.37. The Balaban J connectivity index is 2.04. The van der Waals surface area contributed by atoms with Gasteiger partial charge in [0.2, 0.25) is 0 Å². The molecule has 0 saturated heterocycles. The van der Waals surface area contributed by atoms with E-state index < -0.39 is 0 Å². The Bertz CT molecular complexity index is 522. The van der Waals surface area contributed by atoms with Crippen LogP contribution in [0.15, 0.2) is 18.2 Å². The minimum Gasteiger partial charge on any atom is -0.144 e. The highest BCUT2D eigenvalue weighted by atomic mass is 35.5. The number of hydrogen-bond acceptors (Lipinski definition) is 3. The Labute approximate surface area is 117 Å². The van der Waals surface area contributed by atoms with E-state index in [2.05, 4.69) is 42.2 Å². The third-order valence-corrected chi connectivity index (χ3v) is 4.21. The molecule has 18 heavy (non-hydrogen) atoms. The highest BCUT2D eigenvalue weighted by molar-refractivity contribution is 7.11. The zero-order valence-electron chi connectivity index (χ0n) is 10.7. The molecule has 0 aliphatic rings. The molecule has 2 nitrogen and oxygen atoms in total. The summed E-state index contributed by atoms with van der Waals surface area (Å²) in [6, 6.07) is 6.57. The third kappa shape index (κ3) is 3.53. The number of hydrogen-bond donors (Lipinski definition) is 0. The van der Waals surface area contributed by atoms with Crippen molar-refractivity contribution in [1.29, 1.82) is 0 Å². The van der Waals surface area contributed by atoms with E-state index >= 15 is 0 Å². The van der Waals surface area contributed by atoms with Crippen LogP contribution in [0.25, 0.3) is 0 Å². The molecule has 0 unspecified atom stereocenters. The fourth-order valence-electron chi connectivity index (χ4n) is 1.77. The molecule has 0 atom stereocenters. The number of halogens is 1. The molecule has 1 heterocycles. The molecule has 0 saturated carbocycles. The second kappa shape index (κ2) is 6.30. The summed E-state index contributed by atoms with van der Waals surface area (Å²) in [5.41, 5.74) is 3.97. The van der Waals surface area contributed by atoms with Crippen LogP contribution >= 0.6 is 22.9 Å². The number of alkyl halides is 1. The van der Waals surface area contributed by atoms with Crippen LogP contribution in [-0.2, 0) is 12.8 Å². The second-order valence-electron chi connectivity index (χ2n) is 4.48. The molecule has 96 valence electrons. The molecule has 4 heteroatoms. The number of nitrogens with zero attached hydrogens (tertiary/aromatic N) is 2. The van der Waals surface area contributed by atoms with Crippen molar-refractivity contribution in [2.24, 2.45) is 0 Å². The van der Waals surface area contributed by atoms with Crippen molar-refractivity contribution in [2.45, 2.75) is 33.1 Å². The summed E-state index contributed by atoms with van der Waals surface area (Å²) in [5.74, 6) is 0.687. The molecule has 0 fully saturated rings. The Hall–Kier alpha value is -0.930. The molecule has 0 spiro atoms. The average Bonchev–Trinajstić information content (AvgIpc) is 2.79. The topological polar surface area (TPSA) is 25.8 Å². The van der Waals surface area contributed by atoms with Crippen molar-refractivity contribution < 1.29 is 0 Å². The van der Waals surface area contributed by atoms with Crippen molar-refractivity contribution >= 4 is 22.9 Å². The Morgan fingerprint density at radius 3 is 2.61 bits per heavy atom. The summed E-state index contributed by atoms with van der Waals surface area (Å²) in [7, 11) is 0. The Morgan fingerprint density at radius 2 is 1.89 bits per heavy atom. The zero-order chi connectivity index (χ0) is 13.0. The first-order valence-corrected chi connectivity index (χ1v) is 7.47. The Kier molecular flexibility index (Phi) is 4.72. The molecule has 2 aromatic rings. The van der Waals surface area contributed by atoms with Crippen LogP contribution in [-0.4, -0.2) is 16.1 Å². The van der Waals surface area contributed by atoms with Gasteiger partial charge < -0.3 is 0 Å². The van der Waals surface area contributed by atoms with E-state index in [4.69, 9.17) is 11.6 Å². The van der Waals surface area contributed by atoms with Crippen LogP contribution < -0.4 is 0 Å². The van der Waals surface area contributed by atoms with Gasteiger partial charge >= 0.3 is 0 Å². The first-order chi connectivity index (χ1) is 8.69. The van der Waals surface area contributed by atoms with Crippen LogP contribution in [0.2, 0.25) is 0 Å². The van der Waals surface area contributed by atoms with E-state index in [1.54, 1.807) is 11.3 Å². The quantitative estimate of drug-likeness (QED) is 0.776. The van der Waals surface area contributed by atoms with Gasteiger partial charge in [0.1, 0.15) is 10.0 Å². The van der Waals surface area contributed by atoms with Crippen LogP contribution in [0.4, 0.5) is 0 Å². The fourth-order valence-corrected chi connectivity index (χ4v) is 2.82. The molecule has 0 amide bonds. The minimum atomic E-state index is 0.687. The smallest absolute Gasteiger partial charge is 0.121 e. The number of aryl methyl sites for hydroxylation is 3. The van der Waals surface area contributed by atoms with Crippen molar-refractivity contribution in [3.63, 3.8) is 0 Å². The average molecular weight is 281 g/mol. The van der Waals surface area contributed by atoms with Gasteiger partial charge in [-0.2, -0.15) is 0 Å². The maximum absolute atomic E-state index is 5.68. The minimum absolute atomic E-state index is 0.687. The lowest BCUT2D eigenvalue weighted by Crippen LogP contribution is -1.90. The molecular weight excluding hydrogens is 264 g/mol. The molecule has 2 rings (SSSR count). The van der Waals surface area contributed by atoms with E-state index in [1.807, 2.05) is 0 Å². The van der Waals surface area contributed by atoms with E-state index in [9.17, 15) is 0 Å². The maximum atomic E-state index is 5.68. The standard InChI is InChI=1S/C14H17ClN2S/c1-10-5-6-12(8-11(10)2)9-14-17-16-13(18-14)4-3-7-15/h5-6,8H,3-4,7,9H2,1-2H3. The van der Waals surface area contributed by atoms with E-state index in [0.29, 0.717) is 5.88 Å². The van der Waals surface area contributed by atoms with E-state index in [0.717, 1.165) is 29.3 Å². The first-order valence-electron chi connectivity index (χ1n) is 6.12. The molecule has 1 aromatic carbocycles. The molecule has 1 aromatic heterocycles. The predicted octanol–water partition coefficient (Wildman–Crippen LogP) is 3.92. The van der Waals surface area contributed by atoms with Gasteiger partial charge in [-0.3, -0.25) is 0 Å². The molecule has 0 bridgehead atoms. The normalized spacial score (nSPS) is 10.8. The van der Waals surface area contributed by atoms with Gasteiger partial charge in [0.15, 0.2) is 0 Å². The van der Waals surface area contributed by atoms with Crippen LogP contribution in [0, 0.1) is 13.8 Å². The molecule has 0 radical (unpaired) electrons. The van der Waals surface area contributed by atoms with Crippen molar-refractivity contribution in [2.75, 3.05) is 5.88 Å². The highest BCUT2D eigenvalue weighted by Crippen LogP contribution is 2.18. The molecular formula is C14H17ClN2S. The monoisotopic (exact) mass is 280 g/mol. The van der Waals surface area contributed by atoms with Gasteiger partial charge in [-0.1, -0.05) is 18.2 Å². The van der Waals surface area contributed by atoms with Gasteiger partial charge in [0.05, 0.1) is 0 Å². The van der Waals surface area contributed by atoms with Gasteiger partial charge in [0, 0.05) is 18.7 Å². The van der Waals surface area contributed by atoms with Crippen molar-refractivity contribution in [3.05, 3.63) is 44.9 Å². The summed E-state index contributed by atoms with van der Waals surface area (Å²) in [5, 5.41) is 10.6. The Morgan fingerprint density at radius 1 is 1.11 bits per heavy atom. The third-order valence-electron chi connectivity index (χ3n) is 2.96. The lowest BCUT2D eigenvalue weighted by atomic mass is 10.0. The fraction of sp³-hybridized carbons (Fsp3) is 0.429. The summed E-state index contributed by atoms with van der Waals surface area (Å²) in [4.78, 5) is 0. The number of aromatic nitrogens is 2. The lowest BCUT2D eigenvalue weighted by molar-refractivity contribution is 0.873. The number of benzene rings is 1. The number of rotatable bonds is 5. The molecule has 0 aliphatic carbocycles.